The van der Waals surface area contributed by atoms with Gasteiger partial charge in [-0.25, -0.2) is 4.39 Å². The Labute approximate surface area is 184 Å². The molecule has 2 atom stereocenters. The number of nitrogens with zero attached hydrogens (tertiary/aromatic N) is 2. The fourth-order valence-electron chi connectivity index (χ4n) is 4.29. The lowest BCUT2D eigenvalue weighted by molar-refractivity contribution is -0.125. The summed E-state index contributed by atoms with van der Waals surface area (Å²) in [5, 5.41) is 3.07. The topological polar surface area (TPSA) is 52.7 Å². The summed E-state index contributed by atoms with van der Waals surface area (Å²) in [7, 11) is 0. The second kappa shape index (κ2) is 9.16. The molecule has 2 aliphatic rings. The minimum atomic E-state index is -0.407. The Morgan fingerprint density at radius 3 is 2.50 bits per heavy atom. The average molecular weight is 474 g/mol. The van der Waals surface area contributed by atoms with Crippen LogP contribution in [0.15, 0.2) is 53.0 Å². The standard InChI is InChI=1S/C23H25BrFN3O2/c24-18-5-3-17(4-6-18)23(30)28-12-1-2-21(28)22(29)26-14-16-11-13-27(15-16)20-9-7-19(25)8-10-20/h3-10,16,21H,1-2,11-15H2,(H,26,29). The summed E-state index contributed by atoms with van der Waals surface area (Å²) in [6.45, 7) is 2.92. The van der Waals surface area contributed by atoms with E-state index >= 15 is 0 Å². The fourth-order valence-corrected chi connectivity index (χ4v) is 4.55. The molecule has 2 saturated heterocycles. The molecular weight excluding hydrogens is 449 g/mol. The van der Waals surface area contributed by atoms with Gasteiger partial charge in [-0.1, -0.05) is 15.9 Å². The van der Waals surface area contributed by atoms with Crippen molar-refractivity contribution in [3.63, 3.8) is 0 Å². The Bertz CT molecular complexity index is 904. The quantitative estimate of drug-likeness (QED) is 0.717. The molecule has 7 heteroatoms. The van der Waals surface area contributed by atoms with Crippen LogP contribution in [0.4, 0.5) is 10.1 Å². The van der Waals surface area contributed by atoms with Crippen LogP contribution in [-0.4, -0.2) is 48.9 Å². The highest BCUT2D eigenvalue weighted by molar-refractivity contribution is 9.10. The monoisotopic (exact) mass is 473 g/mol. The summed E-state index contributed by atoms with van der Waals surface area (Å²) in [6, 6.07) is 13.4. The normalized spacial score (nSPS) is 21.1. The lowest BCUT2D eigenvalue weighted by Gasteiger charge is -2.25. The van der Waals surface area contributed by atoms with Crippen molar-refractivity contribution in [2.75, 3.05) is 31.1 Å². The Balaban J connectivity index is 1.30. The second-order valence-corrected chi connectivity index (χ2v) is 8.90. The third kappa shape index (κ3) is 4.67. The molecule has 5 nitrogen and oxygen atoms in total. The fraction of sp³-hybridized carbons (Fsp3) is 0.391. The molecule has 0 aliphatic carbocycles. The number of nitrogens with one attached hydrogen (secondary N) is 1. The summed E-state index contributed by atoms with van der Waals surface area (Å²) < 4.78 is 14.0. The Kier molecular flexibility index (Phi) is 6.37. The summed E-state index contributed by atoms with van der Waals surface area (Å²) in [4.78, 5) is 29.6. The smallest absolute Gasteiger partial charge is 0.254 e. The number of anilines is 1. The molecule has 30 heavy (non-hydrogen) atoms. The first-order valence-corrected chi connectivity index (χ1v) is 11.2. The molecule has 158 valence electrons. The predicted octanol–water partition coefficient (Wildman–Crippen LogP) is 3.84. The maximum absolute atomic E-state index is 13.1. The molecule has 2 aromatic carbocycles. The van der Waals surface area contributed by atoms with Gasteiger partial charge in [0.25, 0.3) is 5.91 Å². The van der Waals surface area contributed by atoms with Crippen molar-refractivity contribution in [3.05, 3.63) is 64.4 Å². The first kappa shape index (κ1) is 20.8. The molecular formula is C23H25BrFN3O2. The molecule has 2 unspecified atom stereocenters. The number of likely N-dealkylation sites (tertiary alicyclic amines) is 1. The molecule has 0 spiro atoms. The van der Waals surface area contributed by atoms with Gasteiger partial charge in [-0.3, -0.25) is 9.59 Å². The van der Waals surface area contributed by atoms with E-state index in [1.165, 1.54) is 12.1 Å². The zero-order valence-corrected chi connectivity index (χ0v) is 18.3. The van der Waals surface area contributed by atoms with Gasteiger partial charge >= 0.3 is 0 Å². The van der Waals surface area contributed by atoms with Gasteiger partial charge in [-0.05, 0) is 73.7 Å². The number of amides is 2. The van der Waals surface area contributed by atoms with Crippen LogP contribution in [0.3, 0.4) is 0 Å². The third-order valence-corrected chi connectivity index (χ3v) is 6.48. The van der Waals surface area contributed by atoms with Crippen LogP contribution in [0.1, 0.15) is 29.6 Å². The second-order valence-electron chi connectivity index (χ2n) is 7.99. The number of benzene rings is 2. The summed E-state index contributed by atoms with van der Waals surface area (Å²) in [5.41, 5.74) is 1.61. The summed E-state index contributed by atoms with van der Waals surface area (Å²) >= 11 is 3.38. The van der Waals surface area contributed by atoms with Crippen molar-refractivity contribution in [2.45, 2.75) is 25.3 Å². The van der Waals surface area contributed by atoms with Crippen molar-refractivity contribution in [2.24, 2.45) is 5.92 Å². The van der Waals surface area contributed by atoms with E-state index in [2.05, 4.69) is 26.1 Å². The Morgan fingerprint density at radius 2 is 1.77 bits per heavy atom. The van der Waals surface area contributed by atoms with E-state index in [-0.39, 0.29) is 17.6 Å². The van der Waals surface area contributed by atoms with E-state index in [0.29, 0.717) is 31.0 Å². The van der Waals surface area contributed by atoms with Gasteiger partial charge < -0.3 is 15.1 Å². The number of carbonyl (C=O) groups is 2. The highest BCUT2D eigenvalue weighted by Crippen LogP contribution is 2.25. The Hall–Kier alpha value is -2.41. The van der Waals surface area contributed by atoms with Gasteiger partial charge in [-0.15, -0.1) is 0 Å². The zero-order valence-electron chi connectivity index (χ0n) is 16.7. The van der Waals surface area contributed by atoms with Crippen LogP contribution < -0.4 is 10.2 Å². The van der Waals surface area contributed by atoms with E-state index in [9.17, 15) is 14.0 Å². The van der Waals surface area contributed by atoms with Crippen LogP contribution >= 0.6 is 15.9 Å². The lowest BCUT2D eigenvalue weighted by atomic mass is 10.1. The lowest BCUT2D eigenvalue weighted by Crippen LogP contribution is -2.47. The van der Waals surface area contributed by atoms with Crippen molar-refractivity contribution < 1.29 is 14.0 Å². The van der Waals surface area contributed by atoms with Crippen molar-refractivity contribution in [1.82, 2.24) is 10.2 Å². The molecule has 0 bridgehead atoms. The third-order valence-electron chi connectivity index (χ3n) is 5.95. The molecule has 0 aromatic heterocycles. The highest BCUT2D eigenvalue weighted by atomic mass is 79.9. The zero-order chi connectivity index (χ0) is 21.1. The Morgan fingerprint density at radius 1 is 1.03 bits per heavy atom. The van der Waals surface area contributed by atoms with Gasteiger partial charge in [-0.2, -0.15) is 0 Å². The van der Waals surface area contributed by atoms with Gasteiger partial charge in [0, 0.05) is 41.9 Å². The maximum atomic E-state index is 13.1. The minimum absolute atomic E-state index is 0.0711. The molecule has 2 heterocycles. The summed E-state index contributed by atoms with van der Waals surface area (Å²) in [5.74, 6) is -0.0571. The first-order valence-electron chi connectivity index (χ1n) is 10.4. The van der Waals surface area contributed by atoms with Crippen LogP contribution in [0, 0.1) is 11.7 Å². The number of rotatable bonds is 5. The first-order chi connectivity index (χ1) is 14.5. The molecule has 0 radical (unpaired) electrons. The number of halogens is 2. The van der Waals surface area contributed by atoms with Crippen molar-refractivity contribution in [1.29, 1.82) is 0 Å². The molecule has 2 amide bonds. The van der Waals surface area contributed by atoms with Crippen molar-refractivity contribution >= 4 is 33.4 Å². The van der Waals surface area contributed by atoms with E-state index in [0.717, 1.165) is 36.1 Å². The largest absolute Gasteiger partial charge is 0.371 e. The molecule has 1 N–H and O–H groups in total. The molecule has 4 rings (SSSR count). The van der Waals surface area contributed by atoms with E-state index in [1.54, 1.807) is 29.2 Å². The molecule has 0 saturated carbocycles. The van der Waals surface area contributed by atoms with Gasteiger partial charge in [0.05, 0.1) is 0 Å². The van der Waals surface area contributed by atoms with Crippen LogP contribution in [0.5, 0.6) is 0 Å². The van der Waals surface area contributed by atoms with E-state index < -0.39 is 6.04 Å². The van der Waals surface area contributed by atoms with Gasteiger partial charge in [0.15, 0.2) is 0 Å². The van der Waals surface area contributed by atoms with Crippen LogP contribution in [-0.2, 0) is 4.79 Å². The number of hydrogen-bond donors (Lipinski definition) is 1. The summed E-state index contributed by atoms with van der Waals surface area (Å²) in [6.07, 6.45) is 2.51. The molecule has 2 fully saturated rings. The predicted molar refractivity (Wildman–Crippen MR) is 118 cm³/mol. The van der Waals surface area contributed by atoms with Gasteiger partial charge in [0.2, 0.25) is 5.91 Å². The molecule has 2 aliphatic heterocycles. The number of hydrogen-bond acceptors (Lipinski definition) is 3. The maximum Gasteiger partial charge on any atom is 0.254 e. The minimum Gasteiger partial charge on any atom is -0.371 e. The van der Waals surface area contributed by atoms with Crippen LogP contribution in [0.25, 0.3) is 0 Å². The molecule has 2 aromatic rings. The van der Waals surface area contributed by atoms with E-state index in [4.69, 9.17) is 0 Å². The van der Waals surface area contributed by atoms with E-state index in [1.807, 2.05) is 12.1 Å². The van der Waals surface area contributed by atoms with Gasteiger partial charge in [0.1, 0.15) is 11.9 Å². The number of carbonyl (C=O) groups excluding carboxylic acids is 2. The SMILES string of the molecule is O=C(NCC1CCN(c2ccc(F)cc2)C1)C1CCCN1C(=O)c1ccc(Br)cc1. The van der Waals surface area contributed by atoms with Crippen LogP contribution in [0.2, 0.25) is 0 Å². The average Bonchev–Trinajstić information content (AvgIpc) is 3.42. The highest BCUT2D eigenvalue weighted by Gasteiger charge is 2.35. The van der Waals surface area contributed by atoms with Crippen molar-refractivity contribution in [3.8, 4) is 0 Å².